The summed E-state index contributed by atoms with van der Waals surface area (Å²) in [7, 11) is 0. The van der Waals surface area contributed by atoms with Crippen molar-refractivity contribution in [2.45, 2.75) is 19.9 Å². The van der Waals surface area contributed by atoms with E-state index in [0.717, 1.165) is 5.56 Å². The smallest absolute Gasteiger partial charge is 0.253 e. The summed E-state index contributed by atoms with van der Waals surface area (Å²) in [6.07, 6.45) is 1.64. The summed E-state index contributed by atoms with van der Waals surface area (Å²) in [6, 6.07) is 7.23. The lowest BCUT2D eigenvalue weighted by Gasteiger charge is -2.07. The lowest BCUT2D eigenvalue weighted by atomic mass is 10.1. The molecule has 1 heterocycles. The van der Waals surface area contributed by atoms with Crippen molar-refractivity contribution >= 4 is 5.91 Å². The average molecular weight is 289 g/mol. The van der Waals surface area contributed by atoms with Gasteiger partial charge in [0.15, 0.2) is 0 Å². The number of amides is 1. The topological polar surface area (TPSA) is 64.0 Å². The van der Waals surface area contributed by atoms with Gasteiger partial charge < -0.3 is 5.32 Å². The quantitative estimate of drug-likeness (QED) is 0.895. The highest BCUT2D eigenvalue weighted by atomic mass is 19.1. The van der Waals surface area contributed by atoms with Gasteiger partial charge in [0.2, 0.25) is 5.91 Å². The average Bonchev–Trinajstić information content (AvgIpc) is 2.44. The van der Waals surface area contributed by atoms with E-state index in [1.807, 2.05) is 0 Å². The van der Waals surface area contributed by atoms with E-state index in [2.05, 4.69) is 10.3 Å². The number of hydrogen-bond donors (Lipinski definition) is 1. The first kappa shape index (κ1) is 14.9. The molecule has 1 aromatic carbocycles. The molecule has 0 aliphatic heterocycles. The zero-order chi connectivity index (χ0) is 15.2. The second-order valence-corrected chi connectivity index (χ2v) is 4.72. The van der Waals surface area contributed by atoms with E-state index >= 15 is 0 Å². The number of benzene rings is 1. The first-order valence-corrected chi connectivity index (χ1v) is 6.59. The first-order chi connectivity index (χ1) is 10.0. The van der Waals surface area contributed by atoms with Gasteiger partial charge in [-0.05, 0) is 24.6 Å². The van der Waals surface area contributed by atoms with Crippen molar-refractivity contribution in [3.05, 3.63) is 64.1 Å². The normalized spacial score (nSPS) is 10.4. The first-order valence-electron chi connectivity index (χ1n) is 6.59. The van der Waals surface area contributed by atoms with E-state index in [4.69, 9.17) is 0 Å². The van der Waals surface area contributed by atoms with Crippen LogP contribution in [0.25, 0.3) is 0 Å². The highest BCUT2D eigenvalue weighted by Crippen LogP contribution is 2.03. The number of carbonyl (C=O) groups excluding carboxylic acids is 1. The van der Waals surface area contributed by atoms with Crippen molar-refractivity contribution in [1.29, 1.82) is 0 Å². The summed E-state index contributed by atoms with van der Waals surface area (Å²) >= 11 is 0. The van der Waals surface area contributed by atoms with Crippen LogP contribution in [0, 0.1) is 12.7 Å². The van der Waals surface area contributed by atoms with Gasteiger partial charge in [-0.2, -0.15) is 0 Å². The zero-order valence-electron chi connectivity index (χ0n) is 11.7. The van der Waals surface area contributed by atoms with Gasteiger partial charge in [0.25, 0.3) is 5.56 Å². The number of nitrogens with zero attached hydrogens (tertiary/aromatic N) is 2. The molecule has 1 N–H and O–H groups in total. The largest absolute Gasteiger partial charge is 0.354 e. The number of aryl methyl sites for hydroxylation is 1. The van der Waals surface area contributed by atoms with Crippen molar-refractivity contribution in [1.82, 2.24) is 14.9 Å². The number of carbonyl (C=O) groups is 1. The standard InChI is InChI=1S/C15H16FN3O2/c1-11-8-15(21)19(10-18-11)7-6-17-14(20)9-12-2-4-13(16)5-3-12/h2-5,8,10H,6-7,9H2,1H3,(H,17,20). The molecule has 0 atom stereocenters. The Labute approximate surface area is 121 Å². The molecular weight excluding hydrogens is 273 g/mol. The molecular formula is C15H16FN3O2. The van der Waals surface area contributed by atoms with Gasteiger partial charge in [-0.3, -0.25) is 14.2 Å². The minimum absolute atomic E-state index is 0.143. The molecule has 0 aliphatic rings. The molecule has 0 saturated carbocycles. The van der Waals surface area contributed by atoms with Crippen LogP contribution in [0.15, 0.2) is 41.5 Å². The Balaban J connectivity index is 1.81. The third-order valence-electron chi connectivity index (χ3n) is 2.97. The van der Waals surface area contributed by atoms with Crippen molar-refractivity contribution in [3.63, 3.8) is 0 Å². The Morgan fingerprint density at radius 2 is 2.05 bits per heavy atom. The molecule has 0 saturated heterocycles. The highest BCUT2D eigenvalue weighted by molar-refractivity contribution is 5.78. The second-order valence-electron chi connectivity index (χ2n) is 4.72. The zero-order valence-corrected chi connectivity index (χ0v) is 11.7. The van der Waals surface area contributed by atoms with Crippen LogP contribution in [-0.4, -0.2) is 22.0 Å². The lowest BCUT2D eigenvalue weighted by Crippen LogP contribution is -2.31. The van der Waals surface area contributed by atoms with Crippen molar-refractivity contribution in [3.8, 4) is 0 Å². The number of aromatic nitrogens is 2. The predicted octanol–water partition coefficient (Wildman–Crippen LogP) is 1.05. The van der Waals surface area contributed by atoms with E-state index in [9.17, 15) is 14.0 Å². The molecule has 0 unspecified atom stereocenters. The Morgan fingerprint density at radius 3 is 2.71 bits per heavy atom. The molecule has 2 rings (SSSR count). The maximum atomic E-state index is 12.7. The maximum absolute atomic E-state index is 12.7. The fourth-order valence-electron chi connectivity index (χ4n) is 1.85. The molecule has 0 spiro atoms. The van der Waals surface area contributed by atoms with Crippen LogP contribution in [0.2, 0.25) is 0 Å². The van der Waals surface area contributed by atoms with Gasteiger partial charge in [-0.25, -0.2) is 9.37 Å². The van der Waals surface area contributed by atoms with Gasteiger partial charge in [-0.15, -0.1) is 0 Å². The molecule has 21 heavy (non-hydrogen) atoms. The number of halogens is 1. The van der Waals surface area contributed by atoms with Crippen LogP contribution in [0.1, 0.15) is 11.3 Å². The fraction of sp³-hybridized carbons (Fsp3) is 0.267. The third kappa shape index (κ3) is 4.52. The molecule has 5 nitrogen and oxygen atoms in total. The van der Waals surface area contributed by atoms with Gasteiger partial charge in [0, 0.05) is 24.8 Å². The van der Waals surface area contributed by atoms with Gasteiger partial charge in [0.05, 0.1) is 12.7 Å². The number of nitrogens with one attached hydrogen (secondary N) is 1. The van der Waals surface area contributed by atoms with E-state index in [-0.39, 0.29) is 23.7 Å². The van der Waals surface area contributed by atoms with Crippen LogP contribution in [-0.2, 0) is 17.8 Å². The van der Waals surface area contributed by atoms with E-state index in [0.29, 0.717) is 18.8 Å². The summed E-state index contributed by atoms with van der Waals surface area (Å²) < 4.78 is 14.2. The minimum Gasteiger partial charge on any atom is -0.354 e. The summed E-state index contributed by atoms with van der Waals surface area (Å²) in [6.45, 7) is 2.45. The Bertz CT molecular complexity index is 680. The van der Waals surface area contributed by atoms with Crippen molar-refractivity contribution < 1.29 is 9.18 Å². The summed E-state index contributed by atoms with van der Waals surface area (Å²) in [5.41, 5.74) is 1.26. The fourth-order valence-corrected chi connectivity index (χ4v) is 1.85. The SMILES string of the molecule is Cc1cc(=O)n(CCNC(=O)Cc2ccc(F)cc2)cn1. The summed E-state index contributed by atoms with van der Waals surface area (Å²) in [5.74, 6) is -0.500. The summed E-state index contributed by atoms with van der Waals surface area (Å²) in [4.78, 5) is 27.4. The molecule has 1 amide bonds. The van der Waals surface area contributed by atoms with E-state index in [1.165, 1.54) is 29.1 Å². The van der Waals surface area contributed by atoms with Crippen molar-refractivity contribution in [2.24, 2.45) is 0 Å². The van der Waals surface area contributed by atoms with Gasteiger partial charge >= 0.3 is 0 Å². The van der Waals surface area contributed by atoms with Gasteiger partial charge in [-0.1, -0.05) is 12.1 Å². The van der Waals surface area contributed by atoms with Crippen LogP contribution in [0.3, 0.4) is 0 Å². The monoisotopic (exact) mass is 289 g/mol. The predicted molar refractivity (Wildman–Crippen MR) is 76.3 cm³/mol. The molecule has 110 valence electrons. The lowest BCUT2D eigenvalue weighted by molar-refractivity contribution is -0.120. The molecule has 0 radical (unpaired) electrons. The molecule has 0 fully saturated rings. The van der Waals surface area contributed by atoms with Crippen molar-refractivity contribution in [2.75, 3.05) is 6.54 Å². The molecule has 1 aromatic heterocycles. The molecule has 0 aliphatic carbocycles. The van der Waals surface area contributed by atoms with Crippen LogP contribution in [0.5, 0.6) is 0 Å². The van der Waals surface area contributed by atoms with E-state index in [1.54, 1.807) is 19.1 Å². The molecule has 2 aromatic rings. The Hall–Kier alpha value is -2.50. The third-order valence-corrected chi connectivity index (χ3v) is 2.97. The minimum atomic E-state index is -0.328. The second kappa shape index (κ2) is 6.78. The Morgan fingerprint density at radius 1 is 1.33 bits per heavy atom. The maximum Gasteiger partial charge on any atom is 0.253 e. The number of hydrogen-bond acceptors (Lipinski definition) is 3. The van der Waals surface area contributed by atoms with Gasteiger partial charge in [0.1, 0.15) is 5.82 Å². The Kier molecular flexibility index (Phi) is 4.81. The highest BCUT2D eigenvalue weighted by Gasteiger charge is 2.04. The molecule has 0 bridgehead atoms. The van der Waals surface area contributed by atoms with Crippen LogP contribution in [0.4, 0.5) is 4.39 Å². The van der Waals surface area contributed by atoms with E-state index < -0.39 is 0 Å². The number of rotatable bonds is 5. The molecule has 6 heteroatoms. The van der Waals surface area contributed by atoms with Crippen LogP contribution < -0.4 is 10.9 Å². The van der Waals surface area contributed by atoms with Crippen LogP contribution >= 0.6 is 0 Å². The summed E-state index contributed by atoms with van der Waals surface area (Å²) in [5, 5.41) is 2.72.